The van der Waals surface area contributed by atoms with Gasteiger partial charge in [-0.1, -0.05) is 13.8 Å². The number of hydrazine groups is 1. The third kappa shape index (κ3) is 2.69. The molecule has 0 bridgehead atoms. The number of rotatable bonds is 5. The van der Waals surface area contributed by atoms with Gasteiger partial charge in [0.15, 0.2) is 0 Å². The topological polar surface area (TPSA) is 97.8 Å². The Morgan fingerprint density at radius 1 is 1.20 bits per heavy atom. The molecular weight excluding hydrogens is 256 g/mol. The zero-order valence-corrected chi connectivity index (χ0v) is 12.3. The van der Waals surface area contributed by atoms with E-state index in [0.29, 0.717) is 17.8 Å². The summed E-state index contributed by atoms with van der Waals surface area (Å²) in [6.45, 7) is 4.14. The highest BCUT2D eigenvalue weighted by molar-refractivity contribution is 5.38. The molecule has 2 rings (SSSR count). The second-order valence-electron chi connectivity index (χ2n) is 4.54. The minimum atomic E-state index is 0.314. The third-order valence-electron chi connectivity index (χ3n) is 2.89. The van der Waals surface area contributed by atoms with E-state index in [1.165, 1.54) is 0 Å². The van der Waals surface area contributed by atoms with Crippen molar-refractivity contribution >= 4 is 11.9 Å². The standard InChI is InChI=1S/C12H20N8/c1-5-8-7-9(6-2)20(18-8)12-15-10(17-13)14-11(16-12)19(3)4/h7H,5-6,13H2,1-4H3,(H,14,15,16,17). The number of nitrogen functional groups attached to an aromatic ring is 1. The van der Waals surface area contributed by atoms with E-state index < -0.39 is 0 Å². The summed E-state index contributed by atoms with van der Waals surface area (Å²) in [5.74, 6) is 6.72. The SMILES string of the molecule is CCc1cc(CC)n(-c2nc(NN)nc(N(C)C)n2)n1. The van der Waals surface area contributed by atoms with Crippen LogP contribution in [-0.4, -0.2) is 38.8 Å². The molecule has 20 heavy (non-hydrogen) atoms. The summed E-state index contributed by atoms with van der Waals surface area (Å²) in [5.41, 5.74) is 4.53. The Morgan fingerprint density at radius 3 is 2.50 bits per heavy atom. The minimum Gasteiger partial charge on any atom is -0.347 e. The molecule has 0 fully saturated rings. The molecule has 0 aromatic carbocycles. The lowest BCUT2D eigenvalue weighted by Crippen LogP contribution is -2.20. The molecule has 0 radical (unpaired) electrons. The van der Waals surface area contributed by atoms with Gasteiger partial charge in [-0.3, -0.25) is 5.43 Å². The van der Waals surface area contributed by atoms with Gasteiger partial charge in [0.1, 0.15) is 0 Å². The van der Waals surface area contributed by atoms with Gasteiger partial charge in [0.2, 0.25) is 11.9 Å². The summed E-state index contributed by atoms with van der Waals surface area (Å²) in [6.07, 6.45) is 1.72. The van der Waals surface area contributed by atoms with Crippen molar-refractivity contribution in [2.45, 2.75) is 26.7 Å². The highest BCUT2D eigenvalue weighted by Gasteiger charge is 2.13. The van der Waals surface area contributed by atoms with E-state index in [1.807, 2.05) is 14.1 Å². The normalized spacial score (nSPS) is 10.7. The van der Waals surface area contributed by atoms with E-state index in [1.54, 1.807) is 9.58 Å². The fourth-order valence-electron chi connectivity index (χ4n) is 1.79. The summed E-state index contributed by atoms with van der Waals surface area (Å²) in [6, 6.07) is 2.06. The van der Waals surface area contributed by atoms with Crippen LogP contribution in [0.4, 0.5) is 11.9 Å². The number of aryl methyl sites for hydroxylation is 2. The first-order valence-electron chi connectivity index (χ1n) is 6.57. The van der Waals surface area contributed by atoms with Gasteiger partial charge in [-0.25, -0.2) is 10.5 Å². The van der Waals surface area contributed by atoms with E-state index in [2.05, 4.69) is 45.4 Å². The van der Waals surface area contributed by atoms with Crippen LogP contribution in [0.1, 0.15) is 25.2 Å². The molecule has 3 N–H and O–H groups in total. The molecule has 0 saturated heterocycles. The smallest absolute Gasteiger partial charge is 0.257 e. The fourth-order valence-corrected chi connectivity index (χ4v) is 1.79. The molecule has 8 heteroatoms. The van der Waals surface area contributed by atoms with Crippen molar-refractivity contribution < 1.29 is 0 Å². The second kappa shape index (κ2) is 5.83. The first-order chi connectivity index (χ1) is 9.58. The van der Waals surface area contributed by atoms with Crippen molar-refractivity contribution in [2.24, 2.45) is 5.84 Å². The van der Waals surface area contributed by atoms with E-state index >= 15 is 0 Å². The first-order valence-corrected chi connectivity index (χ1v) is 6.57. The van der Waals surface area contributed by atoms with Gasteiger partial charge >= 0.3 is 0 Å². The van der Waals surface area contributed by atoms with Gasteiger partial charge in [0, 0.05) is 19.8 Å². The molecule has 0 unspecified atom stereocenters. The van der Waals surface area contributed by atoms with Crippen molar-refractivity contribution in [2.75, 3.05) is 24.4 Å². The Kier molecular flexibility index (Phi) is 4.14. The zero-order valence-electron chi connectivity index (χ0n) is 12.3. The molecule has 108 valence electrons. The summed E-state index contributed by atoms with van der Waals surface area (Å²) >= 11 is 0. The Labute approximate surface area is 118 Å². The fraction of sp³-hybridized carbons (Fsp3) is 0.500. The number of hydrogen-bond acceptors (Lipinski definition) is 7. The van der Waals surface area contributed by atoms with E-state index in [9.17, 15) is 0 Å². The summed E-state index contributed by atoms with van der Waals surface area (Å²) in [5, 5.41) is 4.52. The number of nitrogens with two attached hydrogens (primary N) is 1. The van der Waals surface area contributed by atoms with Gasteiger partial charge < -0.3 is 4.90 Å². The molecule has 2 heterocycles. The maximum absolute atomic E-state index is 5.42. The van der Waals surface area contributed by atoms with Crippen LogP contribution in [0.5, 0.6) is 0 Å². The van der Waals surface area contributed by atoms with Crippen molar-refractivity contribution in [3.8, 4) is 5.95 Å². The number of hydrogen-bond donors (Lipinski definition) is 2. The lowest BCUT2D eigenvalue weighted by Gasteiger charge is -2.13. The molecule has 0 aliphatic carbocycles. The number of anilines is 2. The minimum absolute atomic E-state index is 0.314. The Hall–Kier alpha value is -2.22. The van der Waals surface area contributed by atoms with Crippen molar-refractivity contribution in [1.82, 2.24) is 24.7 Å². The molecule has 0 atom stereocenters. The molecule has 8 nitrogen and oxygen atoms in total. The van der Waals surface area contributed by atoms with E-state index in [0.717, 1.165) is 24.2 Å². The average molecular weight is 276 g/mol. The Balaban J connectivity index is 2.56. The molecular formula is C12H20N8. The summed E-state index contributed by atoms with van der Waals surface area (Å²) < 4.78 is 1.74. The molecule has 0 aliphatic heterocycles. The van der Waals surface area contributed by atoms with Gasteiger partial charge in [-0.2, -0.15) is 20.1 Å². The average Bonchev–Trinajstić information content (AvgIpc) is 2.90. The van der Waals surface area contributed by atoms with Crippen molar-refractivity contribution in [3.63, 3.8) is 0 Å². The van der Waals surface area contributed by atoms with Crippen LogP contribution in [0.15, 0.2) is 6.07 Å². The quantitative estimate of drug-likeness (QED) is 0.607. The molecule has 0 aliphatic rings. The van der Waals surface area contributed by atoms with Crippen LogP contribution in [0.2, 0.25) is 0 Å². The monoisotopic (exact) mass is 276 g/mol. The van der Waals surface area contributed by atoms with Crippen LogP contribution >= 0.6 is 0 Å². The maximum atomic E-state index is 5.42. The highest BCUT2D eigenvalue weighted by Crippen LogP contribution is 2.14. The van der Waals surface area contributed by atoms with Crippen molar-refractivity contribution in [1.29, 1.82) is 0 Å². The van der Waals surface area contributed by atoms with E-state index in [4.69, 9.17) is 5.84 Å². The van der Waals surface area contributed by atoms with Gasteiger partial charge in [0.05, 0.1) is 5.69 Å². The van der Waals surface area contributed by atoms with Gasteiger partial charge in [0.25, 0.3) is 5.95 Å². The summed E-state index contributed by atoms with van der Waals surface area (Å²) in [4.78, 5) is 14.7. The lowest BCUT2D eigenvalue weighted by molar-refractivity contribution is 0.736. The first kappa shape index (κ1) is 14.2. The largest absolute Gasteiger partial charge is 0.347 e. The maximum Gasteiger partial charge on any atom is 0.257 e. The van der Waals surface area contributed by atoms with Crippen LogP contribution in [-0.2, 0) is 12.8 Å². The number of nitrogens with one attached hydrogen (secondary N) is 1. The molecule has 2 aromatic rings. The highest BCUT2D eigenvalue weighted by atomic mass is 15.4. The number of aromatic nitrogens is 5. The van der Waals surface area contributed by atoms with Crippen molar-refractivity contribution in [3.05, 3.63) is 17.5 Å². The van der Waals surface area contributed by atoms with Crippen LogP contribution in [0.25, 0.3) is 5.95 Å². The number of nitrogens with zero attached hydrogens (tertiary/aromatic N) is 6. The van der Waals surface area contributed by atoms with Gasteiger partial charge in [-0.05, 0) is 18.9 Å². The zero-order chi connectivity index (χ0) is 14.7. The van der Waals surface area contributed by atoms with E-state index in [-0.39, 0.29) is 0 Å². The van der Waals surface area contributed by atoms with Crippen LogP contribution in [0, 0.1) is 0 Å². The Morgan fingerprint density at radius 2 is 1.95 bits per heavy atom. The Bertz CT molecular complexity index is 589. The molecule has 0 spiro atoms. The van der Waals surface area contributed by atoms with Gasteiger partial charge in [-0.15, -0.1) is 0 Å². The van der Waals surface area contributed by atoms with Crippen LogP contribution in [0.3, 0.4) is 0 Å². The molecule has 0 amide bonds. The molecule has 2 aromatic heterocycles. The predicted octanol–water partition coefficient (Wildman–Crippen LogP) is 0.534. The molecule has 0 saturated carbocycles. The van der Waals surface area contributed by atoms with Crippen LogP contribution < -0.4 is 16.2 Å². The second-order valence-corrected chi connectivity index (χ2v) is 4.54. The predicted molar refractivity (Wildman–Crippen MR) is 77.8 cm³/mol. The third-order valence-corrected chi connectivity index (χ3v) is 2.89. The summed E-state index contributed by atoms with van der Waals surface area (Å²) in [7, 11) is 3.72. The lowest BCUT2D eigenvalue weighted by atomic mass is 10.3.